The number of benzene rings is 1. The van der Waals surface area contributed by atoms with Crippen LogP contribution in [0.25, 0.3) is 0 Å². The minimum Gasteiger partial charge on any atom is -0.495 e. The summed E-state index contributed by atoms with van der Waals surface area (Å²) in [5, 5.41) is 3.43. The summed E-state index contributed by atoms with van der Waals surface area (Å²) >= 11 is 8.88. The quantitative estimate of drug-likeness (QED) is 0.714. The summed E-state index contributed by atoms with van der Waals surface area (Å²) < 4.78 is 7.27. The molecule has 0 spiro atoms. The van der Waals surface area contributed by atoms with Gasteiger partial charge in [0.15, 0.2) is 0 Å². The first-order chi connectivity index (χ1) is 9.13. The maximum Gasteiger partial charge on any atom is 0.135 e. The zero-order valence-corrected chi connectivity index (χ0v) is 14.8. The maximum absolute atomic E-state index is 5.31. The highest BCUT2D eigenvalue weighted by molar-refractivity contribution is 9.11. The van der Waals surface area contributed by atoms with E-state index in [-0.39, 0.29) is 0 Å². The summed E-state index contributed by atoms with van der Waals surface area (Å²) in [5.41, 5.74) is 1.03. The topological polar surface area (TPSA) is 21.3 Å². The fourth-order valence-electron chi connectivity index (χ4n) is 1.71. The SMILES string of the molecule is CCc1ccc(CNc2cc(OC)c(Br)cc2Br)s1. The molecule has 19 heavy (non-hydrogen) atoms. The molecule has 0 saturated heterocycles. The van der Waals surface area contributed by atoms with Gasteiger partial charge in [-0.1, -0.05) is 6.92 Å². The molecule has 0 aliphatic heterocycles. The van der Waals surface area contributed by atoms with Gasteiger partial charge < -0.3 is 10.1 Å². The first-order valence-electron chi connectivity index (χ1n) is 5.98. The van der Waals surface area contributed by atoms with Crippen LogP contribution in [-0.2, 0) is 13.0 Å². The highest BCUT2D eigenvalue weighted by Gasteiger charge is 2.07. The van der Waals surface area contributed by atoms with Crippen molar-refractivity contribution in [2.75, 3.05) is 12.4 Å². The zero-order valence-electron chi connectivity index (χ0n) is 10.8. The van der Waals surface area contributed by atoms with Gasteiger partial charge in [-0.3, -0.25) is 0 Å². The van der Waals surface area contributed by atoms with E-state index in [1.165, 1.54) is 9.75 Å². The van der Waals surface area contributed by atoms with Crippen LogP contribution in [0, 0.1) is 0 Å². The van der Waals surface area contributed by atoms with Crippen molar-refractivity contribution in [2.24, 2.45) is 0 Å². The molecule has 102 valence electrons. The largest absolute Gasteiger partial charge is 0.495 e. The standard InChI is InChI=1S/C14H15Br2NOS/c1-3-9-4-5-10(19-9)8-17-13-7-14(18-2)12(16)6-11(13)15/h4-7,17H,3,8H2,1-2H3. The molecule has 2 rings (SSSR count). The Balaban J connectivity index is 2.10. The minimum absolute atomic E-state index is 0.825. The third-order valence-electron chi connectivity index (χ3n) is 2.76. The number of rotatable bonds is 5. The molecule has 0 bridgehead atoms. The monoisotopic (exact) mass is 403 g/mol. The van der Waals surface area contributed by atoms with Crippen molar-refractivity contribution < 1.29 is 4.74 Å². The summed E-state index contributed by atoms with van der Waals surface area (Å²) in [4.78, 5) is 2.76. The zero-order chi connectivity index (χ0) is 13.8. The van der Waals surface area contributed by atoms with Crippen LogP contribution in [0.3, 0.4) is 0 Å². The van der Waals surface area contributed by atoms with Crippen molar-refractivity contribution >= 4 is 48.9 Å². The Kier molecular flexibility index (Phi) is 5.30. The maximum atomic E-state index is 5.31. The average molecular weight is 405 g/mol. The fraction of sp³-hybridized carbons (Fsp3) is 0.286. The first-order valence-corrected chi connectivity index (χ1v) is 8.38. The number of thiophene rings is 1. The third kappa shape index (κ3) is 3.74. The molecule has 0 amide bonds. The summed E-state index contributed by atoms with van der Waals surface area (Å²) in [5.74, 6) is 0.825. The Morgan fingerprint density at radius 2 is 1.89 bits per heavy atom. The van der Waals surface area contributed by atoms with Crippen LogP contribution in [0.5, 0.6) is 5.75 Å². The number of aryl methyl sites for hydroxylation is 1. The van der Waals surface area contributed by atoms with E-state index in [1.807, 2.05) is 23.5 Å². The van der Waals surface area contributed by atoms with Gasteiger partial charge in [0, 0.05) is 26.8 Å². The van der Waals surface area contributed by atoms with Crippen molar-refractivity contribution in [3.05, 3.63) is 43.0 Å². The second kappa shape index (κ2) is 6.77. The number of anilines is 1. The molecule has 0 saturated carbocycles. The highest BCUT2D eigenvalue weighted by Crippen LogP contribution is 2.35. The molecule has 1 aromatic carbocycles. The molecule has 1 aromatic heterocycles. The van der Waals surface area contributed by atoms with Crippen molar-refractivity contribution in [3.63, 3.8) is 0 Å². The Bertz CT molecular complexity index is 569. The lowest BCUT2D eigenvalue weighted by molar-refractivity contribution is 0.412. The van der Waals surface area contributed by atoms with E-state index in [0.717, 1.165) is 33.3 Å². The van der Waals surface area contributed by atoms with E-state index in [1.54, 1.807) is 7.11 Å². The van der Waals surface area contributed by atoms with Crippen LogP contribution in [0.1, 0.15) is 16.7 Å². The highest BCUT2D eigenvalue weighted by atomic mass is 79.9. The molecular formula is C14H15Br2NOS. The number of methoxy groups -OCH3 is 1. The summed E-state index contributed by atoms with van der Waals surface area (Å²) in [7, 11) is 1.67. The molecule has 0 atom stereocenters. The van der Waals surface area contributed by atoms with Crippen molar-refractivity contribution in [1.82, 2.24) is 0 Å². The van der Waals surface area contributed by atoms with Gasteiger partial charge in [0.2, 0.25) is 0 Å². The Hall–Kier alpha value is -0.520. The van der Waals surface area contributed by atoms with Crippen molar-refractivity contribution in [2.45, 2.75) is 19.9 Å². The predicted octanol–water partition coefficient (Wildman–Crippen LogP) is 5.46. The van der Waals surface area contributed by atoms with E-state index in [4.69, 9.17) is 4.74 Å². The lowest BCUT2D eigenvalue weighted by atomic mass is 10.3. The summed E-state index contributed by atoms with van der Waals surface area (Å²) in [6.07, 6.45) is 1.10. The average Bonchev–Trinajstić information content (AvgIpc) is 2.86. The third-order valence-corrected chi connectivity index (χ3v) is 5.27. The van der Waals surface area contributed by atoms with E-state index in [9.17, 15) is 0 Å². The number of nitrogens with one attached hydrogen (secondary N) is 1. The smallest absolute Gasteiger partial charge is 0.135 e. The molecule has 0 radical (unpaired) electrons. The van der Waals surface area contributed by atoms with Crippen LogP contribution in [0.4, 0.5) is 5.69 Å². The Labute approximate surface area is 134 Å². The van der Waals surface area contributed by atoms with Crippen LogP contribution < -0.4 is 10.1 Å². The normalized spacial score (nSPS) is 10.5. The molecule has 0 fully saturated rings. The predicted molar refractivity (Wildman–Crippen MR) is 89.4 cm³/mol. The minimum atomic E-state index is 0.825. The van der Waals surface area contributed by atoms with Crippen LogP contribution in [0.2, 0.25) is 0 Å². The molecule has 2 nitrogen and oxygen atoms in total. The fourth-order valence-corrected chi connectivity index (χ4v) is 3.90. The van der Waals surface area contributed by atoms with Gasteiger partial charge in [-0.25, -0.2) is 0 Å². The van der Waals surface area contributed by atoms with Crippen LogP contribution in [0.15, 0.2) is 33.2 Å². The number of ether oxygens (including phenoxy) is 1. The Morgan fingerprint density at radius 3 is 2.53 bits per heavy atom. The number of hydrogen-bond donors (Lipinski definition) is 1. The van der Waals surface area contributed by atoms with E-state index < -0.39 is 0 Å². The van der Waals surface area contributed by atoms with Gasteiger partial charge in [0.05, 0.1) is 17.3 Å². The Morgan fingerprint density at radius 1 is 1.16 bits per heavy atom. The van der Waals surface area contributed by atoms with Gasteiger partial charge in [0.25, 0.3) is 0 Å². The summed E-state index contributed by atoms with van der Waals surface area (Å²) in [6, 6.07) is 8.36. The molecule has 1 heterocycles. The lowest BCUT2D eigenvalue weighted by Gasteiger charge is -2.11. The molecule has 0 unspecified atom stereocenters. The number of hydrogen-bond acceptors (Lipinski definition) is 3. The second-order valence-electron chi connectivity index (χ2n) is 4.04. The lowest BCUT2D eigenvalue weighted by Crippen LogP contribution is -1.99. The summed E-state index contributed by atoms with van der Waals surface area (Å²) in [6.45, 7) is 3.01. The molecule has 1 N–H and O–H groups in total. The van der Waals surface area contributed by atoms with Gasteiger partial charge in [-0.2, -0.15) is 0 Å². The molecule has 0 aliphatic carbocycles. The second-order valence-corrected chi connectivity index (χ2v) is 7.00. The van der Waals surface area contributed by atoms with E-state index >= 15 is 0 Å². The first kappa shape index (κ1) is 14.9. The van der Waals surface area contributed by atoms with Gasteiger partial charge >= 0.3 is 0 Å². The van der Waals surface area contributed by atoms with Crippen molar-refractivity contribution in [1.29, 1.82) is 0 Å². The van der Waals surface area contributed by atoms with E-state index in [0.29, 0.717) is 0 Å². The van der Waals surface area contributed by atoms with Gasteiger partial charge in [0.1, 0.15) is 5.75 Å². The molecule has 0 aliphatic rings. The van der Waals surface area contributed by atoms with Gasteiger partial charge in [-0.15, -0.1) is 11.3 Å². The van der Waals surface area contributed by atoms with Crippen LogP contribution in [-0.4, -0.2) is 7.11 Å². The van der Waals surface area contributed by atoms with E-state index in [2.05, 4.69) is 56.2 Å². The number of halogens is 2. The molecular weight excluding hydrogens is 390 g/mol. The van der Waals surface area contributed by atoms with Crippen LogP contribution >= 0.6 is 43.2 Å². The van der Waals surface area contributed by atoms with Gasteiger partial charge in [-0.05, 0) is 56.5 Å². The van der Waals surface area contributed by atoms with Crippen molar-refractivity contribution in [3.8, 4) is 5.75 Å². The molecule has 5 heteroatoms. The molecule has 2 aromatic rings.